The molecule has 0 bridgehead atoms. The van der Waals surface area contributed by atoms with Crippen LogP contribution >= 0.6 is 0 Å². The second-order valence-corrected chi connectivity index (χ2v) is 4.64. The Morgan fingerprint density at radius 1 is 1.26 bits per heavy atom. The Balaban J connectivity index is 3.20. The lowest BCUT2D eigenvalue weighted by atomic mass is 9.91. The molecule has 108 valence electrons. The van der Waals surface area contributed by atoms with Crippen LogP contribution in [0.3, 0.4) is 0 Å². The van der Waals surface area contributed by atoms with E-state index < -0.39 is 29.2 Å². The Bertz CT molecular complexity index is 446. The average molecular weight is 280 g/mol. The molecule has 19 heavy (non-hydrogen) atoms. The quantitative estimate of drug-likeness (QED) is 0.506. The van der Waals surface area contributed by atoms with Gasteiger partial charge in [0, 0.05) is 7.11 Å². The van der Waals surface area contributed by atoms with Crippen LogP contribution in [0.5, 0.6) is 0 Å². The van der Waals surface area contributed by atoms with E-state index in [1.54, 1.807) is 13.8 Å². The molecule has 1 aromatic rings. The van der Waals surface area contributed by atoms with Crippen LogP contribution in [0.1, 0.15) is 31.0 Å². The van der Waals surface area contributed by atoms with Crippen molar-refractivity contribution in [1.82, 2.24) is 5.43 Å². The van der Waals surface area contributed by atoms with Gasteiger partial charge in [0.2, 0.25) is 0 Å². The van der Waals surface area contributed by atoms with Gasteiger partial charge in [-0.2, -0.15) is 13.2 Å². The van der Waals surface area contributed by atoms with Crippen molar-refractivity contribution in [2.75, 3.05) is 7.11 Å². The maximum Gasteiger partial charge on any atom is 0.419 e. The first-order chi connectivity index (χ1) is 8.63. The van der Waals surface area contributed by atoms with E-state index in [4.69, 9.17) is 10.6 Å². The normalized spacial score (nSPS) is 14.5. The fourth-order valence-corrected chi connectivity index (χ4v) is 1.76. The van der Waals surface area contributed by atoms with E-state index in [9.17, 15) is 17.6 Å². The Hall–Kier alpha value is -1.18. The third-order valence-corrected chi connectivity index (χ3v) is 3.02. The molecule has 0 aromatic heterocycles. The molecule has 0 radical (unpaired) electrons. The van der Waals surface area contributed by atoms with Gasteiger partial charge in [-0.15, -0.1) is 0 Å². The molecule has 0 aliphatic rings. The Kier molecular flexibility index (Phi) is 4.54. The van der Waals surface area contributed by atoms with Gasteiger partial charge in [-0.25, -0.2) is 4.39 Å². The highest BCUT2D eigenvalue weighted by atomic mass is 19.4. The lowest BCUT2D eigenvalue weighted by Crippen LogP contribution is -2.44. The first-order valence-corrected chi connectivity index (χ1v) is 5.51. The van der Waals surface area contributed by atoms with Crippen LogP contribution in [0.15, 0.2) is 18.2 Å². The van der Waals surface area contributed by atoms with E-state index in [1.807, 2.05) is 0 Å². The fraction of sp³-hybridized carbons (Fsp3) is 0.500. The minimum absolute atomic E-state index is 0.278. The van der Waals surface area contributed by atoms with Crippen molar-refractivity contribution < 1.29 is 22.3 Å². The number of alkyl halides is 3. The molecular formula is C12H16F4N2O. The maximum absolute atomic E-state index is 13.5. The standard InChI is InChI=1S/C12H16F4N2O/c1-11(2,19-3)10(18-17)7-4-5-8(9(13)6-7)12(14,15)16/h4-6,10,18H,17H2,1-3H3. The molecule has 0 heterocycles. The molecule has 1 aromatic carbocycles. The summed E-state index contributed by atoms with van der Waals surface area (Å²) in [6, 6.07) is 2.04. The molecule has 0 fully saturated rings. The number of hydrazine groups is 1. The average Bonchev–Trinajstić information content (AvgIpc) is 2.28. The number of hydrogen-bond acceptors (Lipinski definition) is 3. The molecule has 1 unspecified atom stereocenters. The molecule has 7 heteroatoms. The van der Waals surface area contributed by atoms with Crippen molar-refractivity contribution >= 4 is 0 Å². The number of ether oxygens (including phenoxy) is 1. The first kappa shape index (κ1) is 15.9. The van der Waals surface area contributed by atoms with E-state index in [1.165, 1.54) is 13.2 Å². The third kappa shape index (κ3) is 3.43. The highest BCUT2D eigenvalue weighted by Gasteiger charge is 2.36. The van der Waals surface area contributed by atoms with Gasteiger partial charge in [0.25, 0.3) is 0 Å². The molecule has 0 aliphatic heterocycles. The number of nitrogens with one attached hydrogen (secondary N) is 1. The number of hydrogen-bond donors (Lipinski definition) is 2. The predicted octanol–water partition coefficient (Wildman–Crippen LogP) is 2.77. The molecule has 0 saturated heterocycles. The van der Waals surface area contributed by atoms with Gasteiger partial charge in [-0.1, -0.05) is 6.07 Å². The molecule has 0 saturated carbocycles. The summed E-state index contributed by atoms with van der Waals surface area (Å²) >= 11 is 0. The van der Waals surface area contributed by atoms with Crippen molar-refractivity contribution in [3.63, 3.8) is 0 Å². The van der Waals surface area contributed by atoms with Crippen LogP contribution in [0.25, 0.3) is 0 Å². The van der Waals surface area contributed by atoms with E-state index in [0.717, 1.165) is 6.07 Å². The number of halogens is 4. The zero-order valence-corrected chi connectivity index (χ0v) is 10.8. The molecule has 0 spiro atoms. The van der Waals surface area contributed by atoms with Crippen LogP contribution in [0.2, 0.25) is 0 Å². The molecule has 1 rings (SSSR count). The summed E-state index contributed by atoms with van der Waals surface area (Å²) in [6.45, 7) is 3.38. The smallest absolute Gasteiger partial charge is 0.377 e. The number of benzene rings is 1. The lowest BCUT2D eigenvalue weighted by Gasteiger charge is -2.33. The topological polar surface area (TPSA) is 47.3 Å². The van der Waals surface area contributed by atoms with Crippen molar-refractivity contribution in [1.29, 1.82) is 0 Å². The zero-order chi connectivity index (χ0) is 14.8. The monoisotopic (exact) mass is 280 g/mol. The zero-order valence-electron chi connectivity index (χ0n) is 10.8. The van der Waals surface area contributed by atoms with Crippen molar-refractivity contribution in [2.24, 2.45) is 5.84 Å². The molecule has 0 amide bonds. The van der Waals surface area contributed by atoms with Crippen LogP contribution in [0, 0.1) is 5.82 Å². The summed E-state index contributed by atoms with van der Waals surface area (Å²) in [5, 5.41) is 0. The van der Waals surface area contributed by atoms with Gasteiger partial charge < -0.3 is 4.74 Å². The second kappa shape index (κ2) is 5.44. The number of methoxy groups -OCH3 is 1. The number of nitrogens with two attached hydrogens (primary N) is 1. The summed E-state index contributed by atoms with van der Waals surface area (Å²) in [5.41, 5.74) is 0.592. The first-order valence-electron chi connectivity index (χ1n) is 5.51. The van der Waals surface area contributed by atoms with E-state index in [-0.39, 0.29) is 5.56 Å². The van der Waals surface area contributed by atoms with E-state index in [0.29, 0.717) is 6.07 Å². The van der Waals surface area contributed by atoms with Gasteiger partial charge in [-0.3, -0.25) is 11.3 Å². The third-order valence-electron chi connectivity index (χ3n) is 3.02. The highest BCUT2D eigenvalue weighted by molar-refractivity contribution is 5.29. The van der Waals surface area contributed by atoms with E-state index in [2.05, 4.69) is 5.43 Å². The predicted molar refractivity (Wildman–Crippen MR) is 62.6 cm³/mol. The van der Waals surface area contributed by atoms with Gasteiger partial charge in [0.15, 0.2) is 0 Å². The second-order valence-electron chi connectivity index (χ2n) is 4.64. The summed E-state index contributed by atoms with van der Waals surface area (Å²) < 4.78 is 56.1. The molecule has 0 aliphatic carbocycles. The van der Waals surface area contributed by atoms with Gasteiger partial charge in [-0.05, 0) is 31.5 Å². The van der Waals surface area contributed by atoms with Gasteiger partial charge in [0.1, 0.15) is 5.82 Å². The minimum Gasteiger partial charge on any atom is -0.377 e. The summed E-state index contributed by atoms with van der Waals surface area (Å²) in [6.07, 6.45) is -4.72. The number of rotatable bonds is 4. The van der Waals surface area contributed by atoms with Gasteiger partial charge in [0.05, 0.1) is 17.2 Å². The Labute approximate surface area is 108 Å². The molecule has 3 N–H and O–H groups in total. The molecular weight excluding hydrogens is 264 g/mol. The summed E-state index contributed by atoms with van der Waals surface area (Å²) in [5.74, 6) is 4.03. The van der Waals surface area contributed by atoms with E-state index >= 15 is 0 Å². The maximum atomic E-state index is 13.5. The van der Waals surface area contributed by atoms with Crippen LogP contribution < -0.4 is 11.3 Å². The van der Waals surface area contributed by atoms with Crippen LogP contribution in [-0.2, 0) is 10.9 Å². The summed E-state index contributed by atoms with van der Waals surface area (Å²) in [7, 11) is 1.44. The Morgan fingerprint density at radius 3 is 2.21 bits per heavy atom. The molecule has 1 atom stereocenters. The minimum atomic E-state index is -4.72. The molecule has 3 nitrogen and oxygen atoms in total. The van der Waals surface area contributed by atoms with Crippen molar-refractivity contribution in [3.8, 4) is 0 Å². The van der Waals surface area contributed by atoms with Gasteiger partial charge >= 0.3 is 6.18 Å². The lowest BCUT2D eigenvalue weighted by molar-refractivity contribution is -0.140. The van der Waals surface area contributed by atoms with Crippen molar-refractivity contribution in [3.05, 3.63) is 35.1 Å². The Morgan fingerprint density at radius 2 is 1.84 bits per heavy atom. The SMILES string of the molecule is COC(C)(C)C(NN)c1ccc(C(F)(F)F)c(F)c1. The highest BCUT2D eigenvalue weighted by Crippen LogP contribution is 2.34. The van der Waals surface area contributed by atoms with Crippen LogP contribution in [0.4, 0.5) is 17.6 Å². The fourth-order valence-electron chi connectivity index (χ4n) is 1.76. The largest absolute Gasteiger partial charge is 0.419 e. The van der Waals surface area contributed by atoms with Crippen molar-refractivity contribution in [2.45, 2.75) is 31.7 Å². The summed E-state index contributed by atoms with van der Waals surface area (Å²) in [4.78, 5) is 0. The van der Waals surface area contributed by atoms with Crippen LogP contribution in [-0.4, -0.2) is 12.7 Å².